The molecule has 9 heteroatoms. The summed E-state index contributed by atoms with van der Waals surface area (Å²) in [4.78, 5) is 37.1. The summed E-state index contributed by atoms with van der Waals surface area (Å²) in [6, 6.07) is 22.9. The summed E-state index contributed by atoms with van der Waals surface area (Å²) in [7, 11) is 0. The fourth-order valence-electron chi connectivity index (χ4n) is 4.34. The first-order chi connectivity index (χ1) is 17.2. The minimum Gasteiger partial charge on any atom is -0.279 e. The van der Waals surface area contributed by atoms with E-state index in [2.05, 4.69) is 16.3 Å². The van der Waals surface area contributed by atoms with Crippen molar-refractivity contribution in [3.05, 3.63) is 107 Å². The second-order valence-electron chi connectivity index (χ2n) is 8.01. The molecule has 4 aromatic rings. The number of carbonyl (C=O) groups excluding carboxylic acids is 2. The third-order valence-electron chi connectivity index (χ3n) is 6.00. The quantitative estimate of drug-likeness (QED) is 0.315. The van der Waals surface area contributed by atoms with Crippen molar-refractivity contribution < 1.29 is 14.4 Å². The SMILES string of the molecule is CSc1ccc2c(c1)C(c1ccccc1)=NCc1nnc(CON3C(=O)c4ccccc4C3=O)n1-2. The lowest BCUT2D eigenvalue weighted by Gasteiger charge is -2.16. The van der Waals surface area contributed by atoms with E-state index in [1.807, 2.05) is 53.3 Å². The normalized spacial score (nSPS) is 14.3. The van der Waals surface area contributed by atoms with E-state index in [0.29, 0.717) is 29.3 Å². The zero-order valence-corrected chi connectivity index (χ0v) is 19.5. The number of imide groups is 1. The van der Waals surface area contributed by atoms with Crippen LogP contribution in [0.25, 0.3) is 5.69 Å². The highest BCUT2D eigenvalue weighted by Crippen LogP contribution is 2.30. The Kier molecular flexibility index (Phi) is 5.28. The van der Waals surface area contributed by atoms with E-state index in [4.69, 9.17) is 9.83 Å². The molecule has 0 fully saturated rings. The summed E-state index contributed by atoms with van der Waals surface area (Å²) in [5.74, 6) is 0.149. The molecular weight excluding hydrogens is 462 g/mol. The summed E-state index contributed by atoms with van der Waals surface area (Å²) < 4.78 is 1.90. The molecule has 6 rings (SSSR count). The first-order valence-corrected chi connectivity index (χ1v) is 12.2. The lowest BCUT2D eigenvalue weighted by molar-refractivity contribution is -0.103. The van der Waals surface area contributed by atoms with Crippen molar-refractivity contribution in [2.24, 2.45) is 4.99 Å². The monoisotopic (exact) mass is 481 g/mol. The standard InChI is InChI=1S/C26H19N5O3S/c1-35-17-11-12-21-20(13-17)24(16-7-3-2-4-8-16)27-14-22-28-29-23(30(21)22)15-34-31-25(32)18-9-5-6-10-19(18)26(31)33/h2-13H,14-15H2,1H3. The van der Waals surface area contributed by atoms with Gasteiger partial charge in [0.15, 0.2) is 11.6 Å². The van der Waals surface area contributed by atoms with Crippen LogP contribution >= 0.6 is 11.8 Å². The van der Waals surface area contributed by atoms with Crippen molar-refractivity contribution in [3.63, 3.8) is 0 Å². The van der Waals surface area contributed by atoms with E-state index in [1.54, 1.807) is 36.0 Å². The largest absolute Gasteiger partial charge is 0.285 e. The van der Waals surface area contributed by atoms with Gasteiger partial charge in [0, 0.05) is 16.0 Å². The van der Waals surface area contributed by atoms with Crippen LogP contribution in [-0.2, 0) is 18.0 Å². The van der Waals surface area contributed by atoms with Crippen LogP contribution < -0.4 is 0 Å². The van der Waals surface area contributed by atoms with Gasteiger partial charge < -0.3 is 0 Å². The zero-order valence-electron chi connectivity index (χ0n) is 18.7. The van der Waals surface area contributed by atoms with Gasteiger partial charge in [-0.15, -0.1) is 27.0 Å². The maximum Gasteiger partial charge on any atom is 0.285 e. The number of aromatic nitrogens is 3. The van der Waals surface area contributed by atoms with Crippen LogP contribution in [0, 0.1) is 0 Å². The molecule has 0 unspecified atom stereocenters. The Balaban J connectivity index is 1.37. The minimum absolute atomic E-state index is 0.108. The Morgan fingerprint density at radius 2 is 1.60 bits per heavy atom. The molecular formula is C26H19N5O3S. The Labute approximate surface area is 205 Å². The number of hydrogen-bond donors (Lipinski definition) is 0. The van der Waals surface area contributed by atoms with Gasteiger partial charge in [0.05, 0.1) is 22.5 Å². The van der Waals surface area contributed by atoms with Gasteiger partial charge in [0.1, 0.15) is 13.2 Å². The fourth-order valence-corrected chi connectivity index (χ4v) is 4.78. The number of hydrogen-bond acceptors (Lipinski definition) is 7. The molecule has 0 spiro atoms. The van der Waals surface area contributed by atoms with Crippen LogP contribution in [0.1, 0.15) is 43.5 Å². The van der Waals surface area contributed by atoms with Crippen LogP contribution in [0.15, 0.2) is 82.7 Å². The number of nitrogens with zero attached hydrogens (tertiary/aromatic N) is 5. The van der Waals surface area contributed by atoms with Crippen molar-refractivity contribution in [3.8, 4) is 5.69 Å². The zero-order chi connectivity index (χ0) is 23.9. The average Bonchev–Trinajstić information content (AvgIpc) is 3.35. The van der Waals surface area contributed by atoms with Gasteiger partial charge in [-0.2, -0.15) is 0 Å². The van der Waals surface area contributed by atoms with Crippen LogP contribution in [0.4, 0.5) is 0 Å². The molecule has 2 aliphatic rings. The van der Waals surface area contributed by atoms with Gasteiger partial charge in [0.2, 0.25) is 0 Å². The molecule has 3 heterocycles. The number of amides is 2. The molecule has 0 saturated heterocycles. The molecule has 0 bridgehead atoms. The van der Waals surface area contributed by atoms with Crippen molar-refractivity contribution in [2.75, 3.05) is 6.26 Å². The van der Waals surface area contributed by atoms with Crippen LogP contribution in [0.2, 0.25) is 0 Å². The second-order valence-corrected chi connectivity index (χ2v) is 8.89. The first kappa shape index (κ1) is 21.5. The molecule has 2 aliphatic heterocycles. The highest BCUT2D eigenvalue weighted by atomic mass is 32.2. The summed E-state index contributed by atoms with van der Waals surface area (Å²) in [5, 5.41) is 9.44. The van der Waals surface area contributed by atoms with Crippen LogP contribution in [-0.4, -0.2) is 43.6 Å². The molecule has 35 heavy (non-hydrogen) atoms. The van der Waals surface area contributed by atoms with Gasteiger partial charge in [-0.1, -0.05) is 42.5 Å². The molecule has 1 aromatic heterocycles. The lowest BCUT2D eigenvalue weighted by Crippen LogP contribution is -2.30. The van der Waals surface area contributed by atoms with Crippen LogP contribution in [0.3, 0.4) is 0 Å². The smallest absolute Gasteiger partial charge is 0.279 e. The van der Waals surface area contributed by atoms with E-state index in [1.165, 1.54) is 0 Å². The Morgan fingerprint density at radius 1 is 0.886 bits per heavy atom. The molecule has 0 N–H and O–H groups in total. The van der Waals surface area contributed by atoms with Gasteiger partial charge in [0.25, 0.3) is 11.8 Å². The molecule has 0 radical (unpaired) electrons. The van der Waals surface area contributed by atoms with E-state index in [9.17, 15) is 9.59 Å². The molecule has 8 nitrogen and oxygen atoms in total. The Morgan fingerprint density at radius 3 is 2.31 bits per heavy atom. The van der Waals surface area contributed by atoms with E-state index >= 15 is 0 Å². The highest BCUT2D eigenvalue weighted by molar-refractivity contribution is 7.98. The summed E-state index contributed by atoms with van der Waals surface area (Å²) in [6.07, 6.45) is 2.03. The first-order valence-electron chi connectivity index (χ1n) is 11.0. The van der Waals surface area contributed by atoms with Gasteiger partial charge >= 0.3 is 0 Å². The highest BCUT2D eigenvalue weighted by Gasteiger charge is 2.37. The molecule has 0 aliphatic carbocycles. The predicted octanol–water partition coefficient (Wildman–Crippen LogP) is 4.07. The molecule has 2 amide bonds. The third kappa shape index (κ3) is 3.56. The maximum absolute atomic E-state index is 12.7. The number of rotatable bonds is 5. The van der Waals surface area contributed by atoms with Gasteiger partial charge in [-0.05, 0) is 36.6 Å². The number of hydroxylamine groups is 2. The summed E-state index contributed by atoms with van der Waals surface area (Å²) in [6.45, 7) is 0.219. The third-order valence-corrected chi connectivity index (χ3v) is 6.73. The number of benzene rings is 3. The van der Waals surface area contributed by atoms with Crippen molar-refractivity contribution in [2.45, 2.75) is 18.0 Å². The van der Waals surface area contributed by atoms with Crippen molar-refractivity contribution >= 4 is 29.3 Å². The van der Waals surface area contributed by atoms with E-state index in [0.717, 1.165) is 32.5 Å². The number of fused-ring (bicyclic) bond motifs is 4. The molecule has 0 saturated carbocycles. The van der Waals surface area contributed by atoms with Gasteiger partial charge in [-0.25, -0.2) is 0 Å². The molecule has 0 atom stereocenters. The molecule has 172 valence electrons. The van der Waals surface area contributed by atoms with Crippen molar-refractivity contribution in [1.82, 2.24) is 19.8 Å². The number of thioether (sulfide) groups is 1. The second kappa shape index (κ2) is 8.61. The van der Waals surface area contributed by atoms with E-state index in [-0.39, 0.29) is 6.61 Å². The predicted molar refractivity (Wildman–Crippen MR) is 131 cm³/mol. The summed E-state index contributed by atoms with van der Waals surface area (Å²) in [5.41, 5.74) is 4.35. The summed E-state index contributed by atoms with van der Waals surface area (Å²) >= 11 is 1.65. The average molecular weight is 482 g/mol. The lowest BCUT2D eigenvalue weighted by atomic mass is 10.0. The Bertz CT molecular complexity index is 1480. The fraction of sp³-hybridized carbons (Fsp3) is 0.115. The van der Waals surface area contributed by atoms with Gasteiger partial charge in [-0.3, -0.25) is 24.0 Å². The van der Waals surface area contributed by atoms with Crippen LogP contribution in [0.5, 0.6) is 0 Å². The number of carbonyl (C=O) groups is 2. The van der Waals surface area contributed by atoms with Crippen molar-refractivity contribution in [1.29, 1.82) is 0 Å². The Hall–Kier alpha value is -4.08. The van der Waals surface area contributed by atoms with E-state index < -0.39 is 11.8 Å². The molecule has 3 aromatic carbocycles. The topological polar surface area (TPSA) is 89.7 Å². The maximum atomic E-state index is 12.7. The minimum atomic E-state index is -0.485. The number of aliphatic imine (C=N–C) groups is 1.